The number of hydrogen-bond donors (Lipinski definition) is 1. The van der Waals surface area contributed by atoms with E-state index in [9.17, 15) is 14.0 Å². The number of esters is 1. The van der Waals surface area contributed by atoms with E-state index in [0.29, 0.717) is 33.7 Å². The fraction of sp³-hybridized carbons (Fsp3) is 0.231. The quantitative estimate of drug-likeness (QED) is 0.200. The smallest absolute Gasteiger partial charge is 0.341 e. The van der Waals surface area contributed by atoms with Crippen LogP contribution >= 0.6 is 23.1 Å². The topological polar surface area (TPSA) is 95.3 Å². The molecule has 0 aliphatic rings. The van der Waals surface area contributed by atoms with Gasteiger partial charge in [0.2, 0.25) is 5.91 Å². The van der Waals surface area contributed by atoms with Crippen LogP contribution in [0, 0.1) is 5.82 Å². The molecule has 0 fully saturated rings. The molecule has 192 valence electrons. The zero-order valence-electron chi connectivity index (χ0n) is 20.4. The number of thiophene rings is 1. The molecule has 2 aromatic carbocycles. The lowest BCUT2D eigenvalue weighted by Crippen LogP contribution is -2.17. The third-order valence-corrected chi connectivity index (χ3v) is 7.26. The number of nitrogens with one attached hydrogen (secondary N) is 1. The van der Waals surface area contributed by atoms with Crippen molar-refractivity contribution in [1.82, 2.24) is 14.8 Å². The van der Waals surface area contributed by atoms with Gasteiger partial charge in [-0.25, -0.2) is 9.18 Å². The number of rotatable bonds is 10. The largest absolute Gasteiger partial charge is 0.483 e. The highest BCUT2D eigenvalue weighted by atomic mass is 32.2. The highest BCUT2D eigenvalue weighted by Gasteiger charge is 2.23. The molecule has 1 amide bonds. The minimum absolute atomic E-state index is 0.0520. The van der Waals surface area contributed by atoms with Crippen LogP contribution in [0.3, 0.4) is 0 Å². The van der Waals surface area contributed by atoms with Gasteiger partial charge in [0.1, 0.15) is 22.1 Å². The maximum absolute atomic E-state index is 13.4. The lowest BCUT2D eigenvalue weighted by Gasteiger charge is -2.15. The average Bonchev–Trinajstić information content (AvgIpc) is 3.52. The van der Waals surface area contributed by atoms with Crippen molar-refractivity contribution >= 4 is 40.0 Å². The standard InChI is InChI=1S/C26H25FN4O4S2/c1-4-31-23(16(2)35-19-8-6-5-7-9-19)29-30-26(31)37-15-21(32)28-24-22(25(33)34-3)20(14-36-24)17-10-12-18(27)13-11-17/h5-14,16H,4,15H2,1-3H3,(H,28,32). The monoisotopic (exact) mass is 540 g/mol. The van der Waals surface area contributed by atoms with Gasteiger partial charge in [-0.15, -0.1) is 21.5 Å². The number of hydrogen-bond acceptors (Lipinski definition) is 8. The molecule has 0 bridgehead atoms. The number of aromatic nitrogens is 3. The molecule has 1 atom stereocenters. The Kier molecular flexibility index (Phi) is 8.57. The molecule has 4 aromatic rings. The summed E-state index contributed by atoms with van der Waals surface area (Å²) in [5.74, 6) is 0.148. The number of anilines is 1. The predicted molar refractivity (Wildman–Crippen MR) is 142 cm³/mol. The van der Waals surface area contributed by atoms with Crippen molar-refractivity contribution in [1.29, 1.82) is 0 Å². The number of ether oxygens (including phenoxy) is 2. The second-order valence-corrected chi connectivity index (χ2v) is 9.67. The van der Waals surface area contributed by atoms with Crippen LogP contribution in [0.25, 0.3) is 11.1 Å². The highest BCUT2D eigenvalue weighted by molar-refractivity contribution is 7.99. The van der Waals surface area contributed by atoms with Crippen molar-refractivity contribution in [3.8, 4) is 16.9 Å². The van der Waals surface area contributed by atoms with Crippen LogP contribution in [0.15, 0.2) is 65.1 Å². The van der Waals surface area contributed by atoms with Crippen molar-refractivity contribution in [3.05, 3.63) is 77.2 Å². The Bertz CT molecular complexity index is 1370. The summed E-state index contributed by atoms with van der Waals surface area (Å²) in [5, 5.41) is 14.0. The van der Waals surface area contributed by atoms with Gasteiger partial charge in [-0.2, -0.15) is 0 Å². The minimum atomic E-state index is -0.591. The number of carbonyl (C=O) groups excluding carboxylic acids is 2. The van der Waals surface area contributed by atoms with Crippen LogP contribution in [0.4, 0.5) is 9.39 Å². The predicted octanol–water partition coefficient (Wildman–Crippen LogP) is 5.82. The third-order valence-electron chi connectivity index (χ3n) is 5.40. The third kappa shape index (κ3) is 6.17. The van der Waals surface area contributed by atoms with E-state index in [1.807, 2.05) is 48.7 Å². The summed E-state index contributed by atoms with van der Waals surface area (Å²) in [7, 11) is 1.27. The van der Waals surface area contributed by atoms with E-state index in [0.717, 1.165) is 5.75 Å². The zero-order valence-corrected chi connectivity index (χ0v) is 22.1. The molecule has 2 aromatic heterocycles. The molecular weight excluding hydrogens is 515 g/mol. The summed E-state index contributed by atoms with van der Waals surface area (Å²) in [4.78, 5) is 25.3. The van der Waals surface area contributed by atoms with Gasteiger partial charge in [0.15, 0.2) is 17.1 Å². The number of carbonyl (C=O) groups is 2. The number of nitrogens with zero attached hydrogens (tertiary/aromatic N) is 3. The Morgan fingerprint density at radius 1 is 1.14 bits per heavy atom. The van der Waals surface area contributed by atoms with Crippen molar-refractivity contribution < 1.29 is 23.5 Å². The molecule has 0 spiro atoms. The van der Waals surface area contributed by atoms with Crippen LogP contribution in [0.1, 0.15) is 36.1 Å². The first-order chi connectivity index (χ1) is 17.9. The second kappa shape index (κ2) is 12.0. The number of amides is 1. The van der Waals surface area contributed by atoms with E-state index < -0.39 is 5.97 Å². The van der Waals surface area contributed by atoms with E-state index in [-0.39, 0.29) is 29.1 Å². The van der Waals surface area contributed by atoms with Crippen LogP contribution in [0.2, 0.25) is 0 Å². The Morgan fingerprint density at radius 3 is 2.54 bits per heavy atom. The molecule has 0 radical (unpaired) electrons. The summed E-state index contributed by atoms with van der Waals surface area (Å²) in [6.45, 7) is 4.47. The maximum atomic E-state index is 13.4. The summed E-state index contributed by atoms with van der Waals surface area (Å²) in [6.07, 6.45) is -0.336. The molecule has 2 heterocycles. The Morgan fingerprint density at radius 2 is 1.86 bits per heavy atom. The molecule has 8 nitrogen and oxygen atoms in total. The van der Waals surface area contributed by atoms with Crippen molar-refractivity contribution in [2.45, 2.75) is 31.7 Å². The second-order valence-electron chi connectivity index (χ2n) is 7.85. The van der Waals surface area contributed by atoms with Crippen molar-refractivity contribution in [2.75, 3.05) is 18.2 Å². The van der Waals surface area contributed by atoms with E-state index in [4.69, 9.17) is 9.47 Å². The fourth-order valence-corrected chi connectivity index (χ4v) is 5.43. The molecule has 11 heteroatoms. The molecule has 0 aliphatic carbocycles. The normalized spacial score (nSPS) is 11.7. The minimum Gasteiger partial charge on any atom is -0.483 e. The van der Waals surface area contributed by atoms with Gasteiger partial charge in [-0.3, -0.25) is 4.79 Å². The first-order valence-corrected chi connectivity index (χ1v) is 13.3. The lowest BCUT2D eigenvalue weighted by molar-refractivity contribution is -0.113. The van der Waals surface area contributed by atoms with Crippen molar-refractivity contribution in [3.63, 3.8) is 0 Å². The average molecular weight is 541 g/mol. The molecule has 37 heavy (non-hydrogen) atoms. The number of methoxy groups -OCH3 is 1. The highest BCUT2D eigenvalue weighted by Crippen LogP contribution is 2.36. The number of benzene rings is 2. The molecule has 4 rings (SSSR count). The molecule has 0 aliphatic heterocycles. The first kappa shape index (κ1) is 26.4. The van der Waals surface area contributed by atoms with E-state index in [2.05, 4.69) is 15.5 Å². The number of halogens is 1. The SMILES string of the molecule is CCn1c(SCC(=O)Nc2scc(-c3ccc(F)cc3)c2C(=O)OC)nnc1C(C)Oc1ccccc1. The Hall–Kier alpha value is -3.70. The first-order valence-electron chi connectivity index (χ1n) is 11.4. The molecule has 1 unspecified atom stereocenters. The molecular formula is C26H25FN4O4S2. The Labute approximate surface area is 221 Å². The van der Waals surface area contributed by atoms with E-state index in [1.54, 1.807) is 17.5 Å². The fourth-order valence-electron chi connectivity index (χ4n) is 3.65. The summed E-state index contributed by atoms with van der Waals surface area (Å²) in [5.41, 5.74) is 1.43. The van der Waals surface area contributed by atoms with Gasteiger partial charge in [-0.1, -0.05) is 42.1 Å². The molecule has 0 saturated carbocycles. The van der Waals surface area contributed by atoms with Crippen LogP contribution in [0.5, 0.6) is 5.75 Å². The van der Waals surface area contributed by atoms with E-state index in [1.165, 1.54) is 42.3 Å². The summed E-state index contributed by atoms with van der Waals surface area (Å²) < 4.78 is 26.2. The molecule has 1 N–H and O–H groups in total. The van der Waals surface area contributed by atoms with Gasteiger partial charge < -0.3 is 19.4 Å². The lowest BCUT2D eigenvalue weighted by atomic mass is 10.0. The van der Waals surface area contributed by atoms with Gasteiger partial charge in [-0.05, 0) is 43.7 Å². The van der Waals surface area contributed by atoms with Gasteiger partial charge in [0.25, 0.3) is 0 Å². The van der Waals surface area contributed by atoms with Crippen LogP contribution in [-0.2, 0) is 16.1 Å². The molecule has 0 saturated heterocycles. The van der Waals surface area contributed by atoms with Gasteiger partial charge in [0.05, 0.1) is 12.9 Å². The summed E-state index contributed by atoms with van der Waals surface area (Å²) >= 11 is 2.44. The van der Waals surface area contributed by atoms with Crippen molar-refractivity contribution in [2.24, 2.45) is 0 Å². The van der Waals surface area contributed by atoms with Crippen LogP contribution < -0.4 is 10.1 Å². The summed E-state index contributed by atoms with van der Waals surface area (Å²) in [6, 6.07) is 15.2. The number of thioether (sulfide) groups is 1. The number of para-hydroxylation sites is 1. The zero-order chi connectivity index (χ0) is 26.4. The Balaban J connectivity index is 1.45. The maximum Gasteiger partial charge on any atom is 0.341 e. The van der Waals surface area contributed by atoms with E-state index >= 15 is 0 Å². The van der Waals surface area contributed by atoms with Crippen LogP contribution in [-0.4, -0.2) is 39.5 Å². The van der Waals surface area contributed by atoms with Gasteiger partial charge in [0, 0.05) is 17.5 Å². The van der Waals surface area contributed by atoms with Gasteiger partial charge >= 0.3 is 5.97 Å².